The van der Waals surface area contributed by atoms with Gasteiger partial charge in [-0.25, -0.2) is 0 Å². The highest BCUT2D eigenvalue weighted by molar-refractivity contribution is 6.32. The number of hydrogen-bond donors (Lipinski definition) is 1. The van der Waals surface area contributed by atoms with E-state index < -0.39 is 0 Å². The molecule has 2 aromatic rings. The second-order valence-corrected chi connectivity index (χ2v) is 5.74. The van der Waals surface area contributed by atoms with E-state index in [2.05, 4.69) is 4.98 Å². The van der Waals surface area contributed by atoms with Gasteiger partial charge in [-0.2, -0.15) is 4.98 Å². The zero-order valence-electron chi connectivity index (χ0n) is 11.8. The normalized spacial score (nSPS) is 14.0. The van der Waals surface area contributed by atoms with Crippen molar-refractivity contribution in [2.45, 2.75) is 19.8 Å². The first-order chi connectivity index (χ1) is 10.1. The summed E-state index contributed by atoms with van der Waals surface area (Å²) in [5, 5.41) is 0.550. The third-order valence-corrected chi connectivity index (χ3v) is 3.61. The van der Waals surface area contributed by atoms with Crippen molar-refractivity contribution in [1.29, 1.82) is 0 Å². The van der Waals surface area contributed by atoms with Crippen LogP contribution >= 0.6 is 11.6 Å². The summed E-state index contributed by atoms with van der Waals surface area (Å²) < 4.78 is 11.3. The van der Waals surface area contributed by atoms with Gasteiger partial charge in [0.1, 0.15) is 5.75 Å². The Kier molecular flexibility index (Phi) is 3.88. The molecule has 3 rings (SSSR count). The average molecular weight is 305 g/mol. The molecule has 1 aliphatic carbocycles. The van der Waals surface area contributed by atoms with Crippen LogP contribution in [0.2, 0.25) is 5.02 Å². The van der Waals surface area contributed by atoms with Gasteiger partial charge in [-0.3, -0.25) is 0 Å². The van der Waals surface area contributed by atoms with Gasteiger partial charge in [0, 0.05) is 6.07 Å². The number of nitrogens with two attached hydrogens (primary N) is 1. The molecule has 4 nitrogen and oxygen atoms in total. The van der Waals surface area contributed by atoms with Gasteiger partial charge in [0.15, 0.2) is 0 Å². The second kappa shape index (κ2) is 5.82. The molecule has 0 spiro atoms. The molecular weight excluding hydrogens is 288 g/mol. The highest BCUT2D eigenvalue weighted by Gasteiger charge is 2.22. The van der Waals surface area contributed by atoms with Gasteiger partial charge in [-0.15, -0.1) is 0 Å². The fourth-order valence-corrected chi connectivity index (χ4v) is 2.16. The van der Waals surface area contributed by atoms with Gasteiger partial charge in [0.25, 0.3) is 0 Å². The first-order valence-electron chi connectivity index (χ1n) is 6.95. The number of rotatable bonds is 5. The minimum atomic E-state index is 0.417. The molecule has 0 atom stereocenters. The van der Waals surface area contributed by atoms with Crippen molar-refractivity contribution in [3.05, 3.63) is 40.9 Å². The van der Waals surface area contributed by atoms with Crippen molar-refractivity contribution < 1.29 is 9.47 Å². The zero-order valence-corrected chi connectivity index (χ0v) is 12.6. The summed E-state index contributed by atoms with van der Waals surface area (Å²) in [5.74, 6) is 2.04. The lowest BCUT2D eigenvalue weighted by Crippen LogP contribution is -2.04. The molecule has 0 aliphatic heterocycles. The predicted octanol–water partition coefficient (Wildman–Crippen LogP) is 4.21. The fourth-order valence-electron chi connectivity index (χ4n) is 1.89. The Bertz CT molecular complexity index is 657. The minimum Gasteiger partial charge on any atom is -0.476 e. The fraction of sp³-hybridized carbons (Fsp3) is 0.312. The van der Waals surface area contributed by atoms with Gasteiger partial charge >= 0.3 is 0 Å². The highest BCUT2D eigenvalue weighted by atomic mass is 35.5. The molecule has 1 fully saturated rings. The molecule has 0 unspecified atom stereocenters. The summed E-state index contributed by atoms with van der Waals surface area (Å²) in [6.45, 7) is 2.63. The molecule has 2 N–H and O–H groups in total. The number of ether oxygens (including phenoxy) is 2. The van der Waals surface area contributed by atoms with E-state index in [1.165, 1.54) is 12.8 Å². The number of aryl methyl sites for hydroxylation is 1. The van der Waals surface area contributed by atoms with Crippen molar-refractivity contribution >= 4 is 17.3 Å². The molecule has 110 valence electrons. The van der Waals surface area contributed by atoms with E-state index in [1.54, 1.807) is 12.1 Å². The Morgan fingerprint density at radius 1 is 1.29 bits per heavy atom. The van der Waals surface area contributed by atoms with E-state index in [4.69, 9.17) is 26.8 Å². The third kappa shape index (κ3) is 3.58. The van der Waals surface area contributed by atoms with E-state index in [-0.39, 0.29) is 0 Å². The summed E-state index contributed by atoms with van der Waals surface area (Å²) in [5.41, 5.74) is 7.46. The van der Waals surface area contributed by atoms with E-state index in [1.807, 2.05) is 25.1 Å². The molecule has 0 bridgehead atoms. The maximum absolute atomic E-state index is 6.15. The Hall–Kier alpha value is -1.94. The largest absolute Gasteiger partial charge is 0.476 e. The van der Waals surface area contributed by atoms with Crippen molar-refractivity contribution in [2.75, 3.05) is 12.3 Å². The van der Waals surface area contributed by atoms with E-state index in [9.17, 15) is 0 Å². The van der Waals surface area contributed by atoms with Crippen LogP contribution in [0, 0.1) is 12.8 Å². The summed E-state index contributed by atoms with van der Waals surface area (Å²) >= 11 is 6.15. The number of anilines is 1. The van der Waals surface area contributed by atoms with Crippen LogP contribution in [0.15, 0.2) is 30.3 Å². The van der Waals surface area contributed by atoms with Gasteiger partial charge in [0.2, 0.25) is 11.8 Å². The number of halogens is 1. The number of aromatic nitrogens is 1. The van der Waals surface area contributed by atoms with Gasteiger partial charge in [0.05, 0.1) is 17.3 Å². The zero-order chi connectivity index (χ0) is 14.8. The summed E-state index contributed by atoms with van der Waals surface area (Å²) in [6.07, 6.45) is 2.43. The number of nitrogens with zero attached hydrogens (tertiary/aromatic N) is 1. The molecule has 1 saturated carbocycles. The SMILES string of the molecule is Cc1ccc(Oc2ccc(N)c(OCC3CC3)n2)c(Cl)c1. The number of benzene rings is 1. The number of pyridine rings is 1. The molecular formula is C16H17ClN2O2. The van der Waals surface area contributed by atoms with Crippen LogP contribution in [0.3, 0.4) is 0 Å². The highest BCUT2D eigenvalue weighted by Crippen LogP contribution is 2.33. The van der Waals surface area contributed by atoms with Crippen LogP contribution in [0.4, 0.5) is 5.69 Å². The molecule has 1 heterocycles. The smallest absolute Gasteiger partial charge is 0.240 e. The maximum atomic E-state index is 6.15. The molecule has 0 amide bonds. The lowest BCUT2D eigenvalue weighted by Gasteiger charge is -2.11. The Morgan fingerprint density at radius 3 is 2.81 bits per heavy atom. The third-order valence-electron chi connectivity index (χ3n) is 3.32. The van der Waals surface area contributed by atoms with Crippen LogP contribution in [0.1, 0.15) is 18.4 Å². The van der Waals surface area contributed by atoms with E-state index >= 15 is 0 Å². The van der Waals surface area contributed by atoms with Crippen LogP contribution in [0.5, 0.6) is 17.5 Å². The van der Waals surface area contributed by atoms with Crippen LogP contribution in [0.25, 0.3) is 0 Å². The lowest BCUT2D eigenvalue weighted by atomic mass is 10.2. The van der Waals surface area contributed by atoms with Gasteiger partial charge in [-0.05, 0) is 49.4 Å². The Balaban J connectivity index is 1.76. The number of hydrogen-bond acceptors (Lipinski definition) is 4. The van der Waals surface area contributed by atoms with Crippen molar-refractivity contribution in [2.24, 2.45) is 5.92 Å². The van der Waals surface area contributed by atoms with Gasteiger partial charge < -0.3 is 15.2 Å². The molecule has 1 aromatic carbocycles. The Morgan fingerprint density at radius 2 is 2.10 bits per heavy atom. The first kappa shape index (κ1) is 14.0. The van der Waals surface area contributed by atoms with Crippen LogP contribution in [-0.2, 0) is 0 Å². The van der Waals surface area contributed by atoms with Crippen LogP contribution in [-0.4, -0.2) is 11.6 Å². The van der Waals surface area contributed by atoms with Crippen LogP contribution < -0.4 is 15.2 Å². The second-order valence-electron chi connectivity index (χ2n) is 5.33. The average Bonchev–Trinajstić information content (AvgIpc) is 3.26. The molecule has 5 heteroatoms. The molecule has 0 saturated heterocycles. The summed E-state index contributed by atoms with van der Waals surface area (Å²) in [4.78, 5) is 4.30. The summed E-state index contributed by atoms with van der Waals surface area (Å²) in [6, 6.07) is 9.03. The summed E-state index contributed by atoms with van der Waals surface area (Å²) in [7, 11) is 0. The number of nitrogen functional groups attached to an aromatic ring is 1. The van der Waals surface area contributed by atoms with Crippen molar-refractivity contribution in [1.82, 2.24) is 4.98 Å². The monoisotopic (exact) mass is 304 g/mol. The first-order valence-corrected chi connectivity index (χ1v) is 7.33. The molecule has 1 aromatic heterocycles. The Labute approximate surface area is 128 Å². The predicted molar refractivity (Wildman–Crippen MR) is 83.1 cm³/mol. The minimum absolute atomic E-state index is 0.417. The van der Waals surface area contributed by atoms with Crippen molar-refractivity contribution in [3.8, 4) is 17.5 Å². The topological polar surface area (TPSA) is 57.4 Å². The quantitative estimate of drug-likeness (QED) is 0.899. The standard InChI is InChI=1S/C16H17ClN2O2/c1-10-2-6-14(12(17)8-10)21-15-7-5-13(18)16(19-15)20-9-11-3-4-11/h2,5-8,11H,3-4,9,18H2,1H3. The maximum Gasteiger partial charge on any atom is 0.240 e. The van der Waals surface area contributed by atoms with E-state index in [0.717, 1.165) is 5.56 Å². The molecule has 21 heavy (non-hydrogen) atoms. The van der Waals surface area contributed by atoms with Crippen molar-refractivity contribution in [3.63, 3.8) is 0 Å². The van der Waals surface area contributed by atoms with Gasteiger partial charge in [-0.1, -0.05) is 17.7 Å². The lowest BCUT2D eigenvalue weighted by molar-refractivity contribution is 0.286. The molecule has 1 aliphatic rings. The molecule has 0 radical (unpaired) electrons. The van der Waals surface area contributed by atoms with E-state index in [0.29, 0.717) is 40.7 Å².